The van der Waals surface area contributed by atoms with E-state index < -0.39 is 82.9 Å². The second-order valence-electron chi connectivity index (χ2n) is 44.8. The van der Waals surface area contributed by atoms with Gasteiger partial charge in [0.05, 0.1) is 54.0 Å². The van der Waals surface area contributed by atoms with E-state index >= 15 is 4.79 Å². The Morgan fingerprint density at radius 3 is 1.85 bits per heavy atom. The number of hydrogen-bond acceptors (Lipinski definition) is 25. The number of fused-ring (bicyclic) bond motifs is 6. The zero-order valence-corrected chi connectivity index (χ0v) is 83.7. The van der Waals surface area contributed by atoms with Gasteiger partial charge >= 0.3 is 6.03 Å². The van der Waals surface area contributed by atoms with Gasteiger partial charge < -0.3 is 101 Å². The van der Waals surface area contributed by atoms with E-state index in [-0.39, 0.29) is 79.1 Å². The third-order valence-electron chi connectivity index (χ3n) is 33.8. The van der Waals surface area contributed by atoms with E-state index in [1.165, 1.54) is 35.5 Å². The number of nitrogens with zero attached hydrogens (tertiary/aromatic N) is 15. The first-order valence-corrected chi connectivity index (χ1v) is 52.0. The molecule has 3 saturated carbocycles. The summed E-state index contributed by atoms with van der Waals surface area (Å²) in [7, 11) is 1.62. The number of nitrogens with one attached hydrogen (secondary N) is 6. The Kier molecular flexibility index (Phi) is 28.1. The number of benzene rings is 4. The van der Waals surface area contributed by atoms with Crippen molar-refractivity contribution in [2.45, 2.75) is 249 Å². The number of amides is 7. The fourth-order valence-corrected chi connectivity index (χ4v) is 25.5. The molecule has 0 bridgehead atoms. The van der Waals surface area contributed by atoms with Crippen LogP contribution in [0.5, 0.6) is 17.2 Å². The van der Waals surface area contributed by atoms with Crippen LogP contribution in [-0.4, -0.2) is 311 Å². The summed E-state index contributed by atoms with van der Waals surface area (Å²) in [5, 5.41) is 78.7. The van der Waals surface area contributed by atoms with E-state index in [4.69, 9.17) is 25.9 Å². The van der Waals surface area contributed by atoms with Gasteiger partial charge in [-0.05, 0) is 219 Å². The van der Waals surface area contributed by atoms with Crippen LogP contribution in [0.3, 0.4) is 0 Å². The van der Waals surface area contributed by atoms with Gasteiger partial charge in [-0.15, -0.1) is 26.8 Å². The molecule has 33 nitrogen and oxygen atoms in total. The molecule has 9 atom stereocenters. The molecular formula is C110H139N21O12. The summed E-state index contributed by atoms with van der Waals surface area (Å²) in [6.07, 6.45) is 21.7. The molecule has 4 aromatic carbocycles. The number of β-amino-alcohol motifs (C(OH)–C–C–N with tert-alkyl or cyclic N) is 2. The number of terminal acetylenes is 1. The first-order valence-electron chi connectivity index (χ1n) is 52.0. The average molecular weight is 1950 g/mol. The first kappa shape index (κ1) is 98.3. The molecule has 33 heteroatoms. The lowest BCUT2D eigenvalue weighted by atomic mass is 9.49. The van der Waals surface area contributed by atoms with Gasteiger partial charge in [0.15, 0.2) is 11.5 Å². The lowest BCUT2D eigenvalue weighted by Gasteiger charge is -2.61. The molecular weight excluding hydrogens is 1810 g/mol. The predicted molar refractivity (Wildman–Crippen MR) is 543 cm³/mol. The number of H-pyrrole nitrogens is 1. The number of hydrogen-bond donors (Lipinski definition) is 10. The van der Waals surface area contributed by atoms with Crippen molar-refractivity contribution < 1.29 is 58.7 Å². The van der Waals surface area contributed by atoms with E-state index in [9.17, 15) is 44.4 Å². The topological polar surface area (TPSA) is 384 Å². The number of aliphatic hydroxyl groups is 2. The molecule has 2 spiro atoms. The van der Waals surface area contributed by atoms with Crippen molar-refractivity contribution in [2.24, 2.45) is 27.6 Å². The molecule has 0 unspecified atom stereocenters. The number of aromatic hydroxyl groups is 2. The number of urea groups is 1. The third-order valence-corrected chi connectivity index (χ3v) is 33.8. The zero-order valence-electron chi connectivity index (χ0n) is 83.7. The van der Waals surface area contributed by atoms with Crippen molar-refractivity contribution in [3.8, 4) is 63.9 Å². The standard InChI is InChI=1S/C110H139N21O12/c1-10-69-22-27-73(94(47-69)143-46-16-45-142-9)58-112-101(137)90-48-81(132)63-130(90)104(140)97(118-106(141)127-65-110(66-127)56-79(57-110)124-36-28-72(29-37-124)75-59-113-105(114-60-75)128-42-34-86-95(68(128)3)85-50-87(119-121-98(85)116-86)83-18-11-13-20-92(83)134)108(7,8)35-15-17-70-23-25-71(26-24-70)67(2)115-102(138)91-49-82(133)64-131(91)103(139)96(107(4,5)6)117-100(136)74-52-109(53-74)54-78(55-109)125-40-30-76(31-41-125)123-38-32-77(33-39-123)126-43-44-129-80(62-126)61-111-99-89(129)51-88(120-122-99)84-19-12-14-21-93(84)135/h1,11-14,18-27,47,50-51,59-60,67-68,72,74,76-82,90-91,96-97,132-135H,16,28-46,48-49,52-58,61-66H2,2-9H3,(H,111,122)(H,112,137)(H,115,138)(H,116,121)(H,117,136)(H,118,141)/t67-,68-,74?,78?,80-,81+,82+,90-,91-,96+,97+,109?/m0/s1. The molecule has 756 valence electrons. The second-order valence-corrected chi connectivity index (χ2v) is 44.8. The number of rotatable bonds is 26. The Hall–Kier alpha value is -12.1. The summed E-state index contributed by atoms with van der Waals surface area (Å²) in [4.78, 5) is 122. The number of phenols is 2. The second kappa shape index (κ2) is 40.8. The van der Waals surface area contributed by atoms with Crippen molar-refractivity contribution in [1.29, 1.82) is 0 Å². The SMILES string of the molecule is C#Cc1ccc(CNC(=O)[C@@H]2C[C@@H](O)CN2C(=O)[C@@H](NC(=O)N2CC3(CC(N4CCC(c5cnc(N6CCc7[nH]c8nnc(-c9ccccc9O)cc8c7[C@@H]6C)nc5)CC4)C3)C2)C(C)(C)CC#Cc2ccc([C@H](C)NC(=O)[C@@H]3C[C@@H](O)CN3C(=O)[C@@H](NC(=O)C3CC4(C3)CC(N3CCC(N5CCC(N6CCN7c8cc(-c9ccccc9O)nnc8NC[C@H]7C6)CC5)CC3)C4)C(C)(C)C)cc2)c(OCCCOC)c1. The smallest absolute Gasteiger partial charge is 0.318 e. The van der Waals surface area contributed by atoms with Crippen LogP contribution in [0.2, 0.25) is 0 Å². The molecule has 13 heterocycles. The van der Waals surface area contributed by atoms with Gasteiger partial charge in [-0.3, -0.25) is 28.9 Å². The Morgan fingerprint density at radius 2 is 1.21 bits per heavy atom. The molecule has 20 rings (SSSR count). The summed E-state index contributed by atoms with van der Waals surface area (Å²) in [6, 6.07) is 28.6. The maximum Gasteiger partial charge on any atom is 0.318 e. The van der Waals surface area contributed by atoms with Crippen LogP contribution in [0.25, 0.3) is 33.5 Å². The monoisotopic (exact) mass is 1950 g/mol. The number of methoxy groups -OCH3 is 1. The Bertz CT molecular complexity index is 6120. The summed E-state index contributed by atoms with van der Waals surface area (Å²) < 4.78 is 11.3. The minimum atomic E-state index is -1.19. The predicted octanol–water partition coefficient (Wildman–Crippen LogP) is 10.0. The van der Waals surface area contributed by atoms with E-state index in [1.54, 1.807) is 48.4 Å². The van der Waals surface area contributed by atoms with Crippen LogP contribution in [0.4, 0.5) is 22.2 Å². The maximum atomic E-state index is 15.5. The van der Waals surface area contributed by atoms with Crippen LogP contribution >= 0.6 is 0 Å². The van der Waals surface area contributed by atoms with Gasteiger partial charge in [0.2, 0.25) is 35.5 Å². The molecule has 143 heavy (non-hydrogen) atoms. The highest BCUT2D eigenvalue weighted by atomic mass is 16.5. The van der Waals surface area contributed by atoms with E-state index in [2.05, 4.69) is 112 Å². The molecule has 12 aliphatic rings. The first-order chi connectivity index (χ1) is 68.9. The number of aromatic amines is 1. The van der Waals surface area contributed by atoms with Crippen LogP contribution in [0.15, 0.2) is 116 Å². The van der Waals surface area contributed by atoms with Crippen LogP contribution in [0, 0.1) is 51.8 Å². The lowest BCUT2D eigenvalue weighted by Crippen LogP contribution is -2.70. The summed E-state index contributed by atoms with van der Waals surface area (Å²) in [5.74, 6) is 9.75. The van der Waals surface area contributed by atoms with E-state index in [0.717, 1.165) is 169 Å². The molecule has 8 aromatic rings. The fraction of sp³-hybridized carbons (Fsp3) is 0.564. The van der Waals surface area contributed by atoms with E-state index in [1.807, 2.05) is 115 Å². The highest BCUT2D eigenvalue weighted by Gasteiger charge is 2.59. The number of anilines is 3. The summed E-state index contributed by atoms with van der Waals surface area (Å²) in [6.45, 7) is 26.1. The largest absolute Gasteiger partial charge is 0.507 e. The van der Waals surface area contributed by atoms with Gasteiger partial charge in [0, 0.05) is 209 Å². The number of para-hydroxylation sites is 2. The summed E-state index contributed by atoms with van der Waals surface area (Å²) >= 11 is 0. The molecule has 3 aliphatic carbocycles. The quantitative estimate of drug-likeness (QED) is 0.0178. The number of carbonyl (C=O) groups excluding carboxylic acids is 6. The number of likely N-dealkylation sites (tertiary alicyclic amines) is 6. The highest BCUT2D eigenvalue weighted by Crippen LogP contribution is 2.61. The molecule has 9 aliphatic heterocycles. The highest BCUT2D eigenvalue weighted by molar-refractivity contribution is 5.95. The maximum absolute atomic E-state index is 15.5. The zero-order chi connectivity index (χ0) is 99.5. The number of ether oxygens (including phenoxy) is 2. The molecule has 7 saturated heterocycles. The van der Waals surface area contributed by atoms with Gasteiger partial charge in [0.1, 0.15) is 41.4 Å². The normalized spacial score (nSPS) is 25.1. The van der Waals surface area contributed by atoms with Crippen molar-refractivity contribution in [1.82, 2.24) is 90.9 Å². The number of carbonyl (C=O) groups is 6. The lowest BCUT2D eigenvalue weighted by molar-refractivity contribution is -0.150. The molecule has 10 fully saturated rings. The van der Waals surface area contributed by atoms with Crippen LogP contribution < -0.4 is 41.1 Å². The molecule has 10 N–H and O–H groups in total. The average Bonchev–Trinajstić information content (AvgIpc) is 1.40. The molecule has 7 amide bonds. The van der Waals surface area contributed by atoms with Crippen LogP contribution in [-0.2, 0) is 41.7 Å². The number of aliphatic hydroxyl groups excluding tert-OH is 2. The van der Waals surface area contributed by atoms with Crippen molar-refractivity contribution >= 4 is 64.1 Å². The number of piperidine rings is 3. The third kappa shape index (κ3) is 20.5. The molecule has 4 aromatic heterocycles. The van der Waals surface area contributed by atoms with Gasteiger partial charge in [-0.1, -0.05) is 94.8 Å². The molecule has 0 radical (unpaired) electrons. The minimum absolute atomic E-state index is 0.0220. The summed E-state index contributed by atoms with van der Waals surface area (Å²) in [5.41, 5.74) is 8.79. The fourth-order valence-electron chi connectivity index (χ4n) is 25.5. The number of phenolic OH excluding ortho intramolecular Hbond substituents is 2. The van der Waals surface area contributed by atoms with Crippen molar-refractivity contribution in [3.63, 3.8) is 0 Å². The van der Waals surface area contributed by atoms with Crippen molar-refractivity contribution in [3.05, 3.63) is 155 Å². The Morgan fingerprint density at radius 1 is 0.608 bits per heavy atom. The van der Waals surface area contributed by atoms with Crippen LogP contribution in [0.1, 0.15) is 208 Å². The Balaban J connectivity index is 0.420. The minimum Gasteiger partial charge on any atom is -0.507 e. The van der Waals surface area contributed by atoms with Gasteiger partial charge in [-0.25, -0.2) is 14.8 Å². The van der Waals surface area contributed by atoms with E-state index in [0.29, 0.717) is 125 Å². The van der Waals surface area contributed by atoms with Gasteiger partial charge in [-0.2, -0.15) is 0 Å². The van der Waals surface area contributed by atoms with Gasteiger partial charge in [0.25, 0.3) is 0 Å². The number of aromatic nitrogens is 7. The number of piperazine rings is 1. The Labute approximate surface area is 837 Å². The van der Waals surface area contributed by atoms with Crippen molar-refractivity contribution in [2.75, 3.05) is 134 Å².